The van der Waals surface area contributed by atoms with E-state index < -0.39 is 0 Å². The second-order valence-corrected chi connectivity index (χ2v) is 4.02. The van der Waals surface area contributed by atoms with Crippen LogP contribution in [0.2, 0.25) is 0 Å². The van der Waals surface area contributed by atoms with Gasteiger partial charge in [0.1, 0.15) is 11.5 Å². The largest absolute Gasteiger partial charge is 0.383 e. The normalized spacial score (nSPS) is 10.5. The van der Waals surface area contributed by atoms with Gasteiger partial charge in [-0.1, -0.05) is 13.0 Å². The van der Waals surface area contributed by atoms with Crippen LogP contribution in [0.4, 0.5) is 5.82 Å². The Kier molecular flexibility index (Phi) is 3.04. The van der Waals surface area contributed by atoms with Crippen LogP contribution in [0.3, 0.4) is 0 Å². The maximum atomic E-state index is 5.94. The van der Waals surface area contributed by atoms with Crippen molar-refractivity contribution in [1.82, 2.24) is 15.0 Å². The van der Waals surface area contributed by atoms with Crippen LogP contribution in [-0.2, 0) is 6.42 Å². The van der Waals surface area contributed by atoms with E-state index in [1.54, 1.807) is 6.20 Å². The molecule has 0 amide bonds. The second kappa shape index (κ2) is 4.49. The molecule has 0 aliphatic carbocycles. The van der Waals surface area contributed by atoms with Gasteiger partial charge in [-0.2, -0.15) is 0 Å². The van der Waals surface area contributed by atoms with Crippen LogP contribution in [0, 0.1) is 13.8 Å². The minimum Gasteiger partial charge on any atom is -0.383 e. The van der Waals surface area contributed by atoms with Crippen LogP contribution in [0.15, 0.2) is 18.3 Å². The Morgan fingerprint density at radius 3 is 2.59 bits per heavy atom. The number of nitrogen functional groups attached to an aromatic ring is 1. The standard InChI is InChI=1S/C13H16N4/c1-4-10-9(3)16-13(17-12(10)14)11-8(2)6-5-7-15-11/h5-7H,4H2,1-3H3,(H2,14,16,17). The monoisotopic (exact) mass is 228 g/mol. The molecule has 2 heterocycles. The van der Waals surface area contributed by atoms with Crippen LogP contribution in [-0.4, -0.2) is 15.0 Å². The molecule has 88 valence electrons. The van der Waals surface area contributed by atoms with Crippen molar-refractivity contribution < 1.29 is 0 Å². The first-order valence-corrected chi connectivity index (χ1v) is 5.68. The summed E-state index contributed by atoms with van der Waals surface area (Å²) in [6.07, 6.45) is 2.59. The van der Waals surface area contributed by atoms with E-state index in [0.29, 0.717) is 11.6 Å². The number of nitrogens with two attached hydrogens (primary N) is 1. The summed E-state index contributed by atoms with van der Waals surface area (Å²) >= 11 is 0. The van der Waals surface area contributed by atoms with E-state index in [1.807, 2.05) is 32.9 Å². The lowest BCUT2D eigenvalue weighted by atomic mass is 10.1. The molecule has 0 saturated carbocycles. The molecular formula is C13H16N4. The highest BCUT2D eigenvalue weighted by Crippen LogP contribution is 2.21. The molecule has 0 spiro atoms. The van der Waals surface area contributed by atoms with Gasteiger partial charge in [0.05, 0.1) is 0 Å². The summed E-state index contributed by atoms with van der Waals surface area (Å²) in [7, 11) is 0. The van der Waals surface area contributed by atoms with E-state index in [9.17, 15) is 0 Å². The zero-order valence-corrected chi connectivity index (χ0v) is 10.4. The number of pyridine rings is 1. The number of aryl methyl sites for hydroxylation is 2. The lowest BCUT2D eigenvalue weighted by Crippen LogP contribution is -2.05. The number of nitrogens with zero attached hydrogens (tertiary/aromatic N) is 3. The summed E-state index contributed by atoms with van der Waals surface area (Å²) in [4.78, 5) is 13.1. The highest BCUT2D eigenvalue weighted by Gasteiger charge is 2.11. The van der Waals surface area contributed by atoms with E-state index >= 15 is 0 Å². The Hall–Kier alpha value is -1.97. The van der Waals surface area contributed by atoms with Crippen molar-refractivity contribution in [2.24, 2.45) is 0 Å². The number of hydrogen-bond donors (Lipinski definition) is 1. The van der Waals surface area contributed by atoms with Gasteiger partial charge in [-0.3, -0.25) is 4.98 Å². The van der Waals surface area contributed by atoms with Gasteiger partial charge in [0.15, 0.2) is 5.82 Å². The SMILES string of the molecule is CCc1c(C)nc(-c2ncccc2C)nc1N. The summed E-state index contributed by atoms with van der Waals surface area (Å²) in [5.74, 6) is 1.16. The van der Waals surface area contributed by atoms with Gasteiger partial charge in [0.25, 0.3) is 0 Å². The predicted octanol–water partition coefficient (Wildman–Crippen LogP) is 2.30. The number of anilines is 1. The van der Waals surface area contributed by atoms with Crippen molar-refractivity contribution in [3.63, 3.8) is 0 Å². The van der Waals surface area contributed by atoms with Crippen molar-refractivity contribution in [1.29, 1.82) is 0 Å². The Balaban J connectivity index is 2.59. The molecule has 17 heavy (non-hydrogen) atoms. The van der Waals surface area contributed by atoms with E-state index in [1.165, 1.54) is 0 Å². The number of aromatic nitrogens is 3. The summed E-state index contributed by atoms with van der Waals surface area (Å²) in [6.45, 7) is 6.00. The predicted molar refractivity (Wildman–Crippen MR) is 68.5 cm³/mol. The fourth-order valence-corrected chi connectivity index (χ4v) is 1.88. The summed E-state index contributed by atoms with van der Waals surface area (Å²) < 4.78 is 0. The first-order chi connectivity index (χ1) is 8.13. The second-order valence-electron chi connectivity index (χ2n) is 4.02. The Bertz CT molecular complexity index is 526. The lowest BCUT2D eigenvalue weighted by Gasteiger charge is -2.09. The van der Waals surface area contributed by atoms with Gasteiger partial charge >= 0.3 is 0 Å². The van der Waals surface area contributed by atoms with Crippen molar-refractivity contribution in [3.8, 4) is 11.5 Å². The van der Waals surface area contributed by atoms with Gasteiger partial charge in [-0.05, 0) is 31.9 Å². The van der Waals surface area contributed by atoms with E-state index in [0.717, 1.165) is 28.9 Å². The smallest absolute Gasteiger partial charge is 0.180 e. The summed E-state index contributed by atoms with van der Waals surface area (Å²) in [5.41, 5.74) is 9.74. The van der Waals surface area contributed by atoms with E-state index in [-0.39, 0.29) is 0 Å². The van der Waals surface area contributed by atoms with Gasteiger partial charge in [0, 0.05) is 17.5 Å². The third-order valence-corrected chi connectivity index (χ3v) is 2.82. The third kappa shape index (κ3) is 2.11. The molecule has 0 fully saturated rings. The molecule has 2 aromatic rings. The maximum Gasteiger partial charge on any atom is 0.180 e. The highest BCUT2D eigenvalue weighted by atomic mass is 15.0. The first kappa shape index (κ1) is 11.5. The van der Waals surface area contributed by atoms with E-state index in [2.05, 4.69) is 15.0 Å². The van der Waals surface area contributed by atoms with Gasteiger partial charge < -0.3 is 5.73 Å². The third-order valence-electron chi connectivity index (χ3n) is 2.82. The average Bonchev–Trinajstić information content (AvgIpc) is 2.29. The number of hydrogen-bond acceptors (Lipinski definition) is 4. The zero-order valence-electron chi connectivity index (χ0n) is 10.4. The van der Waals surface area contributed by atoms with Crippen LogP contribution < -0.4 is 5.73 Å². The molecule has 0 unspecified atom stereocenters. The van der Waals surface area contributed by atoms with Gasteiger partial charge in [-0.25, -0.2) is 9.97 Å². The molecule has 4 heteroatoms. The molecule has 0 bridgehead atoms. The first-order valence-electron chi connectivity index (χ1n) is 5.68. The molecule has 2 rings (SSSR count). The zero-order chi connectivity index (χ0) is 12.4. The minimum absolute atomic E-state index is 0.556. The van der Waals surface area contributed by atoms with Crippen molar-refractivity contribution in [2.75, 3.05) is 5.73 Å². The Morgan fingerprint density at radius 2 is 2.00 bits per heavy atom. The molecule has 0 aliphatic heterocycles. The van der Waals surface area contributed by atoms with Crippen molar-refractivity contribution in [2.45, 2.75) is 27.2 Å². The quantitative estimate of drug-likeness (QED) is 0.856. The maximum absolute atomic E-state index is 5.94. The molecule has 0 atom stereocenters. The minimum atomic E-state index is 0.556. The summed E-state index contributed by atoms with van der Waals surface area (Å²) in [5, 5.41) is 0. The van der Waals surface area contributed by atoms with Crippen LogP contribution in [0.1, 0.15) is 23.7 Å². The molecule has 0 aliphatic rings. The highest BCUT2D eigenvalue weighted by molar-refractivity contribution is 5.58. The Labute approximate surface area is 101 Å². The number of rotatable bonds is 2. The average molecular weight is 228 g/mol. The van der Waals surface area contributed by atoms with Crippen molar-refractivity contribution in [3.05, 3.63) is 35.2 Å². The fraction of sp³-hybridized carbons (Fsp3) is 0.308. The Morgan fingerprint density at radius 1 is 1.24 bits per heavy atom. The van der Waals surface area contributed by atoms with Crippen LogP contribution in [0.5, 0.6) is 0 Å². The van der Waals surface area contributed by atoms with Crippen LogP contribution >= 0.6 is 0 Å². The van der Waals surface area contributed by atoms with Gasteiger partial charge in [-0.15, -0.1) is 0 Å². The van der Waals surface area contributed by atoms with Crippen molar-refractivity contribution >= 4 is 5.82 Å². The molecular weight excluding hydrogens is 212 g/mol. The van der Waals surface area contributed by atoms with Crippen LogP contribution in [0.25, 0.3) is 11.5 Å². The van der Waals surface area contributed by atoms with E-state index in [4.69, 9.17) is 5.73 Å². The lowest BCUT2D eigenvalue weighted by molar-refractivity contribution is 1.00. The molecule has 2 aromatic heterocycles. The summed E-state index contributed by atoms with van der Waals surface area (Å²) in [6, 6.07) is 3.89. The molecule has 0 saturated heterocycles. The molecule has 4 nitrogen and oxygen atoms in total. The van der Waals surface area contributed by atoms with Gasteiger partial charge in [0.2, 0.25) is 0 Å². The fourth-order valence-electron chi connectivity index (χ4n) is 1.88. The molecule has 0 radical (unpaired) electrons. The molecule has 0 aromatic carbocycles. The topological polar surface area (TPSA) is 64.7 Å². The molecule has 2 N–H and O–H groups in total.